The summed E-state index contributed by atoms with van der Waals surface area (Å²) in [6, 6.07) is 9.74. The van der Waals surface area contributed by atoms with Crippen molar-refractivity contribution >= 4 is 46.3 Å². The molecule has 3 aromatic rings. The lowest BCUT2D eigenvalue weighted by atomic mass is 9.95. The van der Waals surface area contributed by atoms with Crippen LogP contribution in [0.2, 0.25) is 0 Å². The molecule has 0 bridgehead atoms. The van der Waals surface area contributed by atoms with Gasteiger partial charge in [-0.25, -0.2) is 4.79 Å². The molecule has 35 heavy (non-hydrogen) atoms. The van der Waals surface area contributed by atoms with Crippen molar-refractivity contribution in [1.29, 1.82) is 0 Å². The van der Waals surface area contributed by atoms with E-state index in [4.69, 9.17) is 0 Å². The third-order valence-corrected chi connectivity index (χ3v) is 8.85. The fourth-order valence-electron chi connectivity index (χ4n) is 4.83. The predicted octanol–water partition coefficient (Wildman–Crippen LogP) is 6.28. The van der Waals surface area contributed by atoms with Gasteiger partial charge in [-0.2, -0.15) is 0 Å². The van der Waals surface area contributed by atoms with Crippen LogP contribution in [-0.4, -0.2) is 31.7 Å². The highest BCUT2D eigenvalue weighted by atomic mass is 32.2. The second-order valence-corrected chi connectivity index (χ2v) is 11.2. The number of carbonyl (C=O) groups is 3. The fourth-order valence-corrected chi connectivity index (χ4v) is 7.15. The first-order valence-corrected chi connectivity index (χ1v) is 13.3. The molecule has 1 aromatic carbocycles. The Labute approximate surface area is 212 Å². The van der Waals surface area contributed by atoms with Crippen molar-refractivity contribution in [3.8, 4) is 5.00 Å². The van der Waals surface area contributed by atoms with Gasteiger partial charge in [-0.3, -0.25) is 14.5 Å². The first-order valence-electron chi connectivity index (χ1n) is 11.6. The number of hydrogen-bond donors (Lipinski definition) is 1. The molecule has 1 N–H and O–H groups in total. The SMILES string of the molecule is Cc1ccc(CN2C(=O)S/C(=C\c3cc(C)n(-c4sc5c(c4C(=O)O)CCCC5)c3C)C2=O)cc1. The van der Waals surface area contributed by atoms with Gasteiger partial charge in [0.15, 0.2) is 0 Å². The van der Waals surface area contributed by atoms with Gasteiger partial charge in [0.05, 0.1) is 17.0 Å². The molecule has 1 saturated heterocycles. The lowest BCUT2D eigenvalue weighted by Gasteiger charge is -2.12. The van der Waals surface area contributed by atoms with E-state index in [1.165, 1.54) is 4.90 Å². The Morgan fingerprint density at radius 1 is 1.09 bits per heavy atom. The van der Waals surface area contributed by atoms with Gasteiger partial charge in [-0.1, -0.05) is 29.8 Å². The normalized spacial score (nSPS) is 16.9. The number of aromatic carboxylic acids is 1. The Morgan fingerprint density at radius 3 is 2.51 bits per heavy atom. The molecule has 0 atom stereocenters. The van der Waals surface area contributed by atoms with Crippen molar-refractivity contribution in [2.75, 3.05) is 0 Å². The highest BCUT2D eigenvalue weighted by Crippen LogP contribution is 2.40. The van der Waals surface area contributed by atoms with Crippen LogP contribution in [-0.2, 0) is 24.2 Å². The molecule has 0 saturated carbocycles. The first-order chi connectivity index (χ1) is 16.7. The maximum absolute atomic E-state index is 13.1. The van der Waals surface area contributed by atoms with E-state index in [0.29, 0.717) is 10.5 Å². The molecule has 6 nitrogen and oxygen atoms in total. The minimum atomic E-state index is -0.898. The van der Waals surface area contributed by atoms with E-state index in [2.05, 4.69) is 0 Å². The van der Waals surface area contributed by atoms with Crippen molar-refractivity contribution < 1.29 is 19.5 Å². The lowest BCUT2D eigenvalue weighted by molar-refractivity contribution is -0.123. The number of fused-ring (bicyclic) bond motifs is 1. The Kier molecular flexibility index (Phi) is 6.19. The molecular formula is C27H26N2O4S2. The van der Waals surface area contributed by atoms with Crippen LogP contribution in [0.4, 0.5) is 4.79 Å². The first kappa shape index (κ1) is 23.6. The van der Waals surface area contributed by atoms with Gasteiger partial charge in [-0.05, 0) is 87.0 Å². The summed E-state index contributed by atoms with van der Waals surface area (Å²) in [5.41, 5.74) is 5.95. The summed E-state index contributed by atoms with van der Waals surface area (Å²) in [6.45, 7) is 6.11. The third kappa shape index (κ3) is 4.25. The minimum Gasteiger partial charge on any atom is -0.478 e. The van der Waals surface area contributed by atoms with Crippen LogP contribution in [0.25, 0.3) is 11.1 Å². The number of hydrogen-bond acceptors (Lipinski definition) is 5. The van der Waals surface area contributed by atoms with Crippen LogP contribution >= 0.6 is 23.1 Å². The molecule has 0 radical (unpaired) electrons. The molecule has 3 heterocycles. The molecule has 2 aromatic heterocycles. The number of imide groups is 1. The third-order valence-electron chi connectivity index (χ3n) is 6.66. The van der Waals surface area contributed by atoms with E-state index in [-0.39, 0.29) is 17.7 Å². The summed E-state index contributed by atoms with van der Waals surface area (Å²) in [4.78, 5) is 40.7. The molecule has 1 fully saturated rings. The van der Waals surface area contributed by atoms with Crippen LogP contribution in [0.3, 0.4) is 0 Å². The van der Waals surface area contributed by atoms with E-state index in [1.54, 1.807) is 17.4 Å². The quantitative estimate of drug-likeness (QED) is 0.412. The summed E-state index contributed by atoms with van der Waals surface area (Å²) in [7, 11) is 0. The molecule has 2 amide bonds. The van der Waals surface area contributed by atoms with Crippen LogP contribution in [0.5, 0.6) is 0 Å². The zero-order valence-corrected chi connectivity index (χ0v) is 21.5. The number of thiophene rings is 1. The van der Waals surface area contributed by atoms with E-state index in [9.17, 15) is 19.5 Å². The van der Waals surface area contributed by atoms with E-state index < -0.39 is 5.97 Å². The van der Waals surface area contributed by atoms with Crippen LogP contribution in [0.15, 0.2) is 35.2 Å². The highest BCUT2D eigenvalue weighted by molar-refractivity contribution is 8.18. The molecule has 1 aliphatic heterocycles. The van der Waals surface area contributed by atoms with Gasteiger partial charge in [-0.15, -0.1) is 11.3 Å². The van der Waals surface area contributed by atoms with Crippen LogP contribution < -0.4 is 0 Å². The van der Waals surface area contributed by atoms with E-state index >= 15 is 0 Å². The number of carboxylic acids is 1. The highest BCUT2D eigenvalue weighted by Gasteiger charge is 2.35. The lowest BCUT2D eigenvalue weighted by Crippen LogP contribution is -2.27. The number of rotatable bonds is 5. The number of amides is 2. The fraction of sp³-hybridized carbons (Fsp3) is 0.296. The Morgan fingerprint density at radius 2 is 1.80 bits per heavy atom. The van der Waals surface area contributed by atoms with Crippen molar-refractivity contribution in [3.63, 3.8) is 0 Å². The van der Waals surface area contributed by atoms with Crippen LogP contribution in [0.1, 0.15) is 61.7 Å². The molecule has 1 aliphatic carbocycles. The summed E-state index contributed by atoms with van der Waals surface area (Å²) < 4.78 is 1.98. The molecule has 0 unspecified atom stereocenters. The van der Waals surface area contributed by atoms with E-state index in [1.807, 2.05) is 55.7 Å². The smallest absolute Gasteiger partial charge is 0.339 e. The number of carboxylic acid groups (broad SMARTS) is 1. The zero-order chi connectivity index (χ0) is 24.9. The molecule has 0 spiro atoms. The maximum atomic E-state index is 13.1. The average Bonchev–Trinajstić information content (AvgIpc) is 3.42. The van der Waals surface area contributed by atoms with Crippen molar-refractivity contribution in [2.45, 2.75) is 53.0 Å². The molecular weight excluding hydrogens is 480 g/mol. The van der Waals surface area contributed by atoms with Gasteiger partial charge in [0.2, 0.25) is 0 Å². The van der Waals surface area contributed by atoms with Gasteiger partial charge in [0.25, 0.3) is 11.1 Å². The number of aromatic nitrogens is 1. The topological polar surface area (TPSA) is 79.6 Å². The second kappa shape index (κ2) is 9.17. The number of benzene rings is 1. The number of carbonyl (C=O) groups excluding carboxylic acids is 2. The summed E-state index contributed by atoms with van der Waals surface area (Å²) in [5.74, 6) is -1.20. The summed E-state index contributed by atoms with van der Waals surface area (Å²) in [6.07, 6.45) is 5.57. The van der Waals surface area contributed by atoms with Gasteiger partial charge >= 0.3 is 5.97 Å². The van der Waals surface area contributed by atoms with E-state index in [0.717, 1.165) is 81.0 Å². The van der Waals surface area contributed by atoms with Crippen LogP contribution in [0, 0.1) is 20.8 Å². The van der Waals surface area contributed by atoms with Gasteiger partial charge in [0, 0.05) is 16.3 Å². The average molecular weight is 507 g/mol. The molecule has 5 rings (SSSR count). The standard InChI is InChI=1S/C27H26N2O4S2/c1-15-8-10-18(11-9-15)14-28-24(30)22(35-27(28)33)13-19-12-16(2)29(17(19)3)25-23(26(31)32)20-6-4-5-7-21(20)34-25/h8-13H,4-7,14H2,1-3H3,(H,31,32)/b22-13-. The zero-order valence-electron chi connectivity index (χ0n) is 19.9. The monoisotopic (exact) mass is 506 g/mol. The van der Waals surface area contributed by atoms with Crippen molar-refractivity contribution in [1.82, 2.24) is 9.47 Å². The van der Waals surface area contributed by atoms with Gasteiger partial charge < -0.3 is 9.67 Å². The van der Waals surface area contributed by atoms with Crippen molar-refractivity contribution in [2.24, 2.45) is 0 Å². The number of thioether (sulfide) groups is 1. The maximum Gasteiger partial charge on any atom is 0.339 e. The number of nitrogens with zero attached hydrogens (tertiary/aromatic N) is 2. The molecule has 180 valence electrons. The largest absolute Gasteiger partial charge is 0.478 e. The minimum absolute atomic E-state index is 0.240. The Hall–Kier alpha value is -3.10. The Bertz CT molecular complexity index is 1400. The Balaban J connectivity index is 1.48. The summed E-state index contributed by atoms with van der Waals surface area (Å²) >= 11 is 2.50. The summed E-state index contributed by atoms with van der Waals surface area (Å²) in [5, 5.41) is 10.5. The predicted molar refractivity (Wildman–Crippen MR) is 139 cm³/mol. The number of aryl methyl sites for hydroxylation is 3. The molecule has 8 heteroatoms. The second-order valence-electron chi connectivity index (χ2n) is 9.11. The van der Waals surface area contributed by atoms with Gasteiger partial charge in [0.1, 0.15) is 5.00 Å². The van der Waals surface area contributed by atoms with Crippen molar-refractivity contribution in [3.05, 3.63) is 79.3 Å². The molecule has 2 aliphatic rings.